The van der Waals surface area contributed by atoms with E-state index < -0.39 is 0 Å². The smallest absolute Gasteiger partial charge is 0.255 e. The number of rotatable bonds is 3. The lowest BCUT2D eigenvalue weighted by atomic mass is 10.1. The van der Waals surface area contributed by atoms with E-state index in [2.05, 4.69) is 22.2 Å². The Bertz CT molecular complexity index is 1060. The van der Waals surface area contributed by atoms with Crippen LogP contribution in [0.4, 0.5) is 5.69 Å². The number of benzene rings is 3. The van der Waals surface area contributed by atoms with Crippen molar-refractivity contribution in [2.45, 2.75) is 13.8 Å². The van der Waals surface area contributed by atoms with Gasteiger partial charge in [-0.05, 0) is 61.4 Å². The van der Waals surface area contributed by atoms with Gasteiger partial charge in [0.25, 0.3) is 5.91 Å². The summed E-state index contributed by atoms with van der Waals surface area (Å²) in [5, 5.41) is 2.94. The third-order valence-electron chi connectivity index (χ3n) is 4.57. The maximum Gasteiger partial charge on any atom is 0.255 e. The van der Waals surface area contributed by atoms with E-state index in [1.165, 1.54) is 5.56 Å². The molecule has 1 amide bonds. The molecule has 0 saturated carbocycles. The summed E-state index contributed by atoms with van der Waals surface area (Å²) in [6.07, 6.45) is 0. The fourth-order valence-corrected chi connectivity index (χ4v) is 2.89. The fraction of sp³-hybridized carbons (Fsp3) is 0.0909. The number of carbonyl (C=O) groups is 1. The van der Waals surface area contributed by atoms with Gasteiger partial charge in [0, 0.05) is 16.8 Å². The molecule has 2 N–H and O–H groups in total. The van der Waals surface area contributed by atoms with Crippen molar-refractivity contribution in [3.05, 3.63) is 83.4 Å². The molecule has 0 spiro atoms. The lowest BCUT2D eigenvalue weighted by Crippen LogP contribution is -2.11. The maximum absolute atomic E-state index is 12.5. The standard InChI is InChI=1S/C22H19N3O/c1-14-7-12-18(13-15(14)2)23-22(26)17-10-8-16(9-11-17)21-24-19-5-3-4-6-20(19)25-21/h3-13H,1-2H3,(H,23,26)(H,24,25). The molecule has 4 heteroatoms. The summed E-state index contributed by atoms with van der Waals surface area (Å²) in [5.41, 5.74) is 6.66. The first-order chi connectivity index (χ1) is 12.6. The minimum atomic E-state index is -0.121. The van der Waals surface area contributed by atoms with E-state index >= 15 is 0 Å². The van der Waals surface area contributed by atoms with Crippen LogP contribution in [0.1, 0.15) is 21.5 Å². The highest BCUT2D eigenvalue weighted by molar-refractivity contribution is 6.04. The van der Waals surface area contributed by atoms with E-state index in [9.17, 15) is 4.79 Å². The number of imidazole rings is 1. The van der Waals surface area contributed by atoms with Crippen molar-refractivity contribution >= 4 is 22.6 Å². The van der Waals surface area contributed by atoms with Crippen molar-refractivity contribution in [3.63, 3.8) is 0 Å². The highest BCUT2D eigenvalue weighted by atomic mass is 16.1. The molecule has 4 aromatic rings. The van der Waals surface area contributed by atoms with Gasteiger partial charge in [0.15, 0.2) is 0 Å². The molecule has 0 fully saturated rings. The highest BCUT2D eigenvalue weighted by Gasteiger charge is 2.09. The van der Waals surface area contributed by atoms with E-state index in [0.29, 0.717) is 5.56 Å². The zero-order chi connectivity index (χ0) is 18.1. The molecule has 26 heavy (non-hydrogen) atoms. The molecule has 0 aliphatic rings. The number of H-pyrrole nitrogens is 1. The molecular formula is C22H19N3O. The van der Waals surface area contributed by atoms with Crippen LogP contribution in [0, 0.1) is 13.8 Å². The number of para-hydroxylation sites is 2. The number of carbonyl (C=O) groups excluding carboxylic acids is 1. The molecule has 4 rings (SSSR count). The number of aryl methyl sites for hydroxylation is 2. The van der Waals surface area contributed by atoms with Gasteiger partial charge in [-0.3, -0.25) is 4.79 Å². The summed E-state index contributed by atoms with van der Waals surface area (Å²) in [4.78, 5) is 20.4. The number of hydrogen-bond donors (Lipinski definition) is 2. The average Bonchev–Trinajstić information content (AvgIpc) is 3.09. The predicted molar refractivity (Wildman–Crippen MR) is 105 cm³/mol. The van der Waals surface area contributed by atoms with Crippen LogP contribution in [0.3, 0.4) is 0 Å². The molecule has 0 saturated heterocycles. The Morgan fingerprint density at radius 1 is 0.923 bits per heavy atom. The number of amides is 1. The highest BCUT2D eigenvalue weighted by Crippen LogP contribution is 2.21. The second-order valence-corrected chi connectivity index (χ2v) is 6.43. The fourth-order valence-electron chi connectivity index (χ4n) is 2.89. The summed E-state index contributed by atoms with van der Waals surface area (Å²) in [7, 11) is 0. The Morgan fingerprint density at radius 3 is 2.42 bits per heavy atom. The van der Waals surface area contributed by atoms with Gasteiger partial charge in [-0.2, -0.15) is 0 Å². The molecule has 0 radical (unpaired) electrons. The van der Waals surface area contributed by atoms with Crippen molar-refractivity contribution in [1.29, 1.82) is 0 Å². The average molecular weight is 341 g/mol. The summed E-state index contributed by atoms with van der Waals surface area (Å²) in [5.74, 6) is 0.678. The summed E-state index contributed by atoms with van der Waals surface area (Å²) < 4.78 is 0. The van der Waals surface area contributed by atoms with Gasteiger partial charge in [-0.15, -0.1) is 0 Å². The lowest BCUT2D eigenvalue weighted by molar-refractivity contribution is 0.102. The number of anilines is 1. The summed E-state index contributed by atoms with van der Waals surface area (Å²) >= 11 is 0. The van der Waals surface area contributed by atoms with Crippen LogP contribution in [0.2, 0.25) is 0 Å². The van der Waals surface area contributed by atoms with Gasteiger partial charge in [0.2, 0.25) is 0 Å². The molecule has 0 atom stereocenters. The van der Waals surface area contributed by atoms with Crippen LogP contribution in [-0.4, -0.2) is 15.9 Å². The molecule has 0 bridgehead atoms. The molecule has 0 aliphatic heterocycles. The van der Waals surface area contributed by atoms with Gasteiger partial charge >= 0.3 is 0 Å². The lowest BCUT2D eigenvalue weighted by Gasteiger charge is -2.08. The van der Waals surface area contributed by atoms with Crippen LogP contribution in [0.5, 0.6) is 0 Å². The molecule has 0 unspecified atom stereocenters. The predicted octanol–water partition coefficient (Wildman–Crippen LogP) is 5.10. The first-order valence-electron chi connectivity index (χ1n) is 8.54. The van der Waals surface area contributed by atoms with Gasteiger partial charge in [0.05, 0.1) is 11.0 Å². The third-order valence-corrected chi connectivity index (χ3v) is 4.57. The van der Waals surface area contributed by atoms with E-state index in [0.717, 1.165) is 33.7 Å². The second kappa shape index (κ2) is 6.48. The van der Waals surface area contributed by atoms with E-state index in [-0.39, 0.29) is 5.91 Å². The van der Waals surface area contributed by atoms with Crippen LogP contribution < -0.4 is 5.32 Å². The zero-order valence-electron chi connectivity index (χ0n) is 14.7. The monoisotopic (exact) mass is 341 g/mol. The largest absolute Gasteiger partial charge is 0.338 e. The molecular weight excluding hydrogens is 322 g/mol. The molecule has 0 aliphatic carbocycles. The SMILES string of the molecule is Cc1ccc(NC(=O)c2ccc(-c3nc4ccccc4[nH]3)cc2)cc1C. The van der Waals surface area contributed by atoms with Crippen LogP contribution >= 0.6 is 0 Å². The number of aromatic amines is 1. The molecule has 1 heterocycles. The quantitative estimate of drug-likeness (QED) is 0.545. The Labute approximate surface area is 151 Å². The van der Waals surface area contributed by atoms with Gasteiger partial charge in [0.1, 0.15) is 5.82 Å². The van der Waals surface area contributed by atoms with E-state index in [1.807, 2.05) is 73.7 Å². The summed E-state index contributed by atoms with van der Waals surface area (Å²) in [6, 6.07) is 21.3. The van der Waals surface area contributed by atoms with E-state index in [4.69, 9.17) is 0 Å². The van der Waals surface area contributed by atoms with Gasteiger partial charge in [-0.1, -0.05) is 30.3 Å². The Morgan fingerprint density at radius 2 is 1.69 bits per heavy atom. The van der Waals surface area contributed by atoms with Crippen molar-refractivity contribution in [2.75, 3.05) is 5.32 Å². The van der Waals surface area contributed by atoms with Crippen molar-refractivity contribution < 1.29 is 4.79 Å². The molecule has 4 nitrogen and oxygen atoms in total. The minimum Gasteiger partial charge on any atom is -0.338 e. The van der Waals surface area contributed by atoms with Crippen LogP contribution in [0.15, 0.2) is 66.7 Å². The normalized spacial score (nSPS) is 10.8. The molecule has 128 valence electrons. The topological polar surface area (TPSA) is 57.8 Å². The van der Waals surface area contributed by atoms with Crippen molar-refractivity contribution in [3.8, 4) is 11.4 Å². The van der Waals surface area contributed by atoms with E-state index in [1.54, 1.807) is 0 Å². The summed E-state index contributed by atoms with van der Waals surface area (Å²) in [6.45, 7) is 4.09. The first kappa shape index (κ1) is 16.1. The first-order valence-corrected chi connectivity index (χ1v) is 8.54. The van der Waals surface area contributed by atoms with Gasteiger partial charge < -0.3 is 10.3 Å². The van der Waals surface area contributed by atoms with Crippen LogP contribution in [0.25, 0.3) is 22.4 Å². The number of nitrogens with one attached hydrogen (secondary N) is 2. The Balaban J connectivity index is 1.54. The molecule has 1 aromatic heterocycles. The Hall–Kier alpha value is -3.40. The number of hydrogen-bond acceptors (Lipinski definition) is 2. The van der Waals surface area contributed by atoms with Crippen molar-refractivity contribution in [1.82, 2.24) is 9.97 Å². The number of fused-ring (bicyclic) bond motifs is 1. The van der Waals surface area contributed by atoms with Crippen LogP contribution in [-0.2, 0) is 0 Å². The third kappa shape index (κ3) is 3.09. The zero-order valence-corrected chi connectivity index (χ0v) is 14.7. The van der Waals surface area contributed by atoms with Gasteiger partial charge in [-0.25, -0.2) is 4.98 Å². The number of aromatic nitrogens is 2. The Kier molecular flexibility index (Phi) is 4.01. The molecule has 3 aromatic carbocycles. The maximum atomic E-state index is 12.5. The minimum absolute atomic E-state index is 0.121. The second-order valence-electron chi connectivity index (χ2n) is 6.43. The number of nitrogens with zero attached hydrogens (tertiary/aromatic N) is 1. The van der Waals surface area contributed by atoms with Crippen molar-refractivity contribution in [2.24, 2.45) is 0 Å².